The van der Waals surface area contributed by atoms with Crippen molar-refractivity contribution in [2.75, 3.05) is 13.7 Å². The van der Waals surface area contributed by atoms with Gasteiger partial charge in [0, 0.05) is 19.3 Å². The molecule has 19 heavy (non-hydrogen) atoms. The van der Waals surface area contributed by atoms with E-state index in [0.717, 1.165) is 5.56 Å². The van der Waals surface area contributed by atoms with Crippen LogP contribution in [0.2, 0.25) is 0 Å². The average molecular weight is 259 g/mol. The normalized spacial score (nSPS) is 10.5. The summed E-state index contributed by atoms with van der Waals surface area (Å²) in [7, 11) is 1.55. The van der Waals surface area contributed by atoms with E-state index in [1.54, 1.807) is 30.3 Å². The first kappa shape index (κ1) is 13.3. The first-order chi connectivity index (χ1) is 9.15. The molecule has 0 amide bonds. The zero-order chi connectivity index (χ0) is 13.8. The van der Waals surface area contributed by atoms with E-state index >= 15 is 0 Å². The largest absolute Gasteiger partial charge is 0.496 e. The van der Waals surface area contributed by atoms with Crippen molar-refractivity contribution in [2.45, 2.75) is 13.5 Å². The highest BCUT2D eigenvalue weighted by Gasteiger charge is 2.17. The fourth-order valence-electron chi connectivity index (χ4n) is 1.89. The maximum Gasteiger partial charge on any atom is 0.216 e. The van der Waals surface area contributed by atoms with Crippen LogP contribution in [-0.4, -0.2) is 29.0 Å². The molecule has 5 nitrogen and oxygen atoms in total. The molecule has 2 aromatic rings. The summed E-state index contributed by atoms with van der Waals surface area (Å²) in [6.45, 7) is 3.09. The molecule has 0 bridgehead atoms. The number of aryl methyl sites for hydroxylation is 1. The number of aromatic nitrogens is 2. The average Bonchev–Trinajstić information content (AvgIpc) is 2.87. The van der Waals surface area contributed by atoms with Crippen molar-refractivity contribution in [3.8, 4) is 5.75 Å². The Balaban J connectivity index is 2.34. The van der Waals surface area contributed by atoms with E-state index in [1.807, 2.05) is 19.1 Å². The van der Waals surface area contributed by atoms with Gasteiger partial charge < -0.3 is 15.0 Å². The molecule has 0 atom stereocenters. The minimum absolute atomic E-state index is 0.142. The van der Waals surface area contributed by atoms with E-state index in [1.165, 1.54) is 0 Å². The van der Waals surface area contributed by atoms with Crippen molar-refractivity contribution in [3.63, 3.8) is 0 Å². The zero-order valence-electron chi connectivity index (χ0n) is 11.1. The second-order valence-electron chi connectivity index (χ2n) is 4.32. The molecule has 0 fully saturated rings. The summed E-state index contributed by atoms with van der Waals surface area (Å²) in [4.78, 5) is 16.5. The molecule has 0 radical (unpaired) electrons. The molecule has 1 aromatic carbocycles. The Bertz CT molecular complexity index is 590. The summed E-state index contributed by atoms with van der Waals surface area (Å²) >= 11 is 0. The number of nitrogens with two attached hydrogens (primary N) is 1. The van der Waals surface area contributed by atoms with E-state index in [2.05, 4.69) is 4.98 Å². The van der Waals surface area contributed by atoms with Crippen molar-refractivity contribution < 1.29 is 9.53 Å². The highest BCUT2D eigenvalue weighted by molar-refractivity contribution is 6.09. The molecule has 0 aliphatic rings. The van der Waals surface area contributed by atoms with Gasteiger partial charge in [0.25, 0.3) is 0 Å². The Morgan fingerprint density at radius 1 is 1.47 bits per heavy atom. The summed E-state index contributed by atoms with van der Waals surface area (Å²) in [6.07, 6.45) is 3.32. The van der Waals surface area contributed by atoms with Crippen LogP contribution in [0.1, 0.15) is 21.6 Å². The van der Waals surface area contributed by atoms with Gasteiger partial charge in [-0.25, -0.2) is 4.98 Å². The number of hydrogen-bond donors (Lipinski definition) is 1. The fourth-order valence-corrected chi connectivity index (χ4v) is 1.89. The van der Waals surface area contributed by atoms with E-state index in [0.29, 0.717) is 30.1 Å². The van der Waals surface area contributed by atoms with Gasteiger partial charge >= 0.3 is 0 Å². The molecule has 1 aromatic heterocycles. The SMILES string of the molecule is COc1ccc(C)cc1C(=O)c1cn(CCN)cn1. The number of carbonyl (C=O) groups is 1. The summed E-state index contributed by atoms with van der Waals surface area (Å²) < 4.78 is 7.02. The van der Waals surface area contributed by atoms with Gasteiger partial charge in [-0.15, -0.1) is 0 Å². The Hall–Kier alpha value is -2.14. The molecule has 100 valence electrons. The predicted octanol–water partition coefficient (Wildman–Crippen LogP) is 1.39. The molecule has 0 spiro atoms. The Kier molecular flexibility index (Phi) is 3.97. The molecule has 1 heterocycles. The van der Waals surface area contributed by atoms with Crippen LogP contribution in [0.25, 0.3) is 0 Å². The third kappa shape index (κ3) is 2.82. The third-order valence-electron chi connectivity index (χ3n) is 2.85. The Morgan fingerprint density at radius 2 is 2.26 bits per heavy atom. The number of ether oxygens (including phenoxy) is 1. The third-order valence-corrected chi connectivity index (χ3v) is 2.85. The van der Waals surface area contributed by atoms with Crippen LogP contribution in [0, 0.1) is 6.92 Å². The molecule has 0 saturated carbocycles. The number of benzene rings is 1. The number of hydrogen-bond acceptors (Lipinski definition) is 4. The number of nitrogens with zero attached hydrogens (tertiary/aromatic N) is 2. The summed E-state index contributed by atoms with van der Waals surface area (Å²) in [5.74, 6) is 0.417. The minimum atomic E-state index is -0.142. The van der Waals surface area contributed by atoms with E-state index in [9.17, 15) is 4.79 Å². The van der Waals surface area contributed by atoms with Crippen molar-refractivity contribution >= 4 is 5.78 Å². The second-order valence-corrected chi connectivity index (χ2v) is 4.32. The van der Waals surface area contributed by atoms with Gasteiger partial charge in [0.2, 0.25) is 5.78 Å². The highest BCUT2D eigenvalue weighted by Crippen LogP contribution is 2.22. The Morgan fingerprint density at radius 3 is 2.95 bits per heavy atom. The van der Waals surface area contributed by atoms with Crippen LogP contribution in [-0.2, 0) is 6.54 Å². The number of imidazole rings is 1. The zero-order valence-corrected chi connectivity index (χ0v) is 11.1. The maximum absolute atomic E-state index is 12.4. The highest BCUT2D eigenvalue weighted by atomic mass is 16.5. The first-order valence-corrected chi connectivity index (χ1v) is 6.07. The molecular weight excluding hydrogens is 242 g/mol. The fraction of sp³-hybridized carbons (Fsp3) is 0.286. The van der Waals surface area contributed by atoms with E-state index in [-0.39, 0.29) is 5.78 Å². The molecule has 2 rings (SSSR count). The van der Waals surface area contributed by atoms with Crippen molar-refractivity contribution in [3.05, 3.63) is 47.5 Å². The Labute approximate surface area is 112 Å². The summed E-state index contributed by atoms with van der Waals surface area (Å²) in [6, 6.07) is 5.51. The van der Waals surface area contributed by atoms with Gasteiger partial charge in [0.15, 0.2) is 0 Å². The first-order valence-electron chi connectivity index (χ1n) is 6.07. The number of rotatable bonds is 5. The molecule has 0 aliphatic heterocycles. The van der Waals surface area contributed by atoms with Crippen LogP contribution >= 0.6 is 0 Å². The van der Waals surface area contributed by atoms with Gasteiger partial charge in [-0.05, 0) is 19.1 Å². The molecular formula is C14H17N3O2. The lowest BCUT2D eigenvalue weighted by atomic mass is 10.0. The van der Waals surface area contributed by atoms with Crippen molar-refractivity contribution in [1.82, 2.24) is 9.55 Å². The lowest BCUT2D eigenvalue weighted by Crippen LogP contribution is -2.08. The lowest BCUT2D eigenvalue weighted by molar-refractivity contribution is 0.103. The maximum atomic E-state index is 12.4. The monoisotopic (exact) mass is 259 g/mol. The second kappa shape index (κ2) is 5.67. The van der Waals surface area contributed by atoms with Crippen LogP contribution in [0.3, 0.4) is 0 Å². The van der Waals surface area contributed by atoms with Crippen LogP contribution in [0.15, 0.2) is 30.7 Å². The predicted molar refractivity (Wildman–Crippen MR) is 72.4 cm³/mol. The van der Waals surface area contributed by atoms with Gasteiger partial charge in [-0.2, -0.15) is 0 Å². The molecule has 2 N–H and O–H groups in total. The standard InChI is InChI=1S/C14H17N3O2/c1-10-3-4-13(19-2)11(7-10)14(18)12-8-17(6-5-15)9-16-12/h3-4,7-9H,5-6,15H2,1-2H3. The van der Waals surface area contributed by atoms with Crippen molar-refractivity contribution in [2.24, 2.45) is 5.73 Å². The van der Waals surface area contributed by atoms with E-state index < -0.39 is 0 Å². The van der Waals surface area contributed by atoms with Gasteiger partial charge in [-0.3, -0.25) is 4.79 Å². The number of carbonyl (C=O) groups excluding carboxylic acids is 1. The molecule has 0 unspecified atom stereocenters. The smallest absolute Gasteiger partial charge is 0.216 e. The number of methoxy groups -OCH3 is 1. The van der Waals surface area contributed by atoms with Crippen LogP contribution < -0.4 is 10.5 Å². The topological polar surface area (TPSA) is 70.1 Å². The van der Waals surface area contributed by atoms with Crippen molar-refractivity contribution in [1.29, 1.82) is 0 Å². The van der Waals surface area contributed by atoms with Gasteiger partial charge in [0.1, 0.15) is 11.4 Å². The van der Waals surface area contributed by atoms with Crippen LogP contribution in [0.5, 0.6) is 5.75 Å². The molecule has 5 heteroatoms. The number of ketones is 1. The lowest BCUT2D eigenvalue weighted by Gasteiger charge is -2.07. The quantitative estimate of drug-likeness (QED) is 0.824. The molecule has 0 saturated heterocycles. The minimum Gasteiger partial charge on any atom is -0.496 e. The van der Waals surface area contributed by atoms with Gasteiger partial charge in [-0.1, -0.05) is 11.6 Å². The van der Waals surface area contributed by atoms with E-state index in [4.69, 9.17) is 10.5 Å². The molecule has 0 aliphatic carbocycles. The summed E-state index contributed by atoms with van der Waals surface area (Å²) in [5, 5.41) is 0. The summed E-state index contributed by atoms with van der Waals surface area (Å²) in [5.41, 5.74) is 7.40. The van der Waals surface area contributed by atoms with Crippen LogP contribution in [0.4, 0.5) is 0 Å². The van der Waals surface area contributed by atoms with Gasteiger partial charge in [0.05, 0.1) is 19.0 Å².